The summed E-state index contributed by atoms with van der Waals surface area (Å²) in [4.78, 5) is 26.6. The summed E-state index contributed by atoms with van der Waals surface area (Å²) in [5.41, 5.74) is 1.18. The van der Waals surface area contributed by atoms with Crippen LogP contribution in [0.25, 0.3) is 6.08 Å². The molecule has 0 radical (unpaired) electrons. The van der Waals surface area contributed by atoms with Gasteiger partial charge in [0.15, 0.2) is 10.9 Å². The lowest BCUT2D eigenvalue weighted by Crippen LogP contribution is -2.54. The minimum atomic E-state index is -0.745. The van der Waals surface area contributed by atoms with E-state index in [-0.39, 0.29) is 21.4 Å². The van der Waals surface area contributed by atoms with Gasteiger partial charge in [-0.15, -0.1) is 0 Å². The topological polar surface area (TPSA) is 58.6 Å². The number of hydrogen-bond acceptors (Lipinski definition) is 4. The molecule has 0 spiro atoms. The van der Waals surface area contributed by atoms with Crippen LogP contribution in [0.4, 0.5) is 10.1 Å². The van der Waals surface area contributed by atoms with Gasteiger partial charge in [-0.2, -0.15) is 0 Å². The normalized spacial score (nSPS) is 15.0. The van der Waals surface area contributed by atoms with E-state index in [4.69, 9.17) is 28.6 Å². The second kappa shape index (κ2) is 10.5. The second-order valence-corrected chi connectivity index (χ2v) is 10.0. The van der Waals surface area contributed by atoms with E-state index in [1.165, 1.54) is 24.3 Å². The summed E-state index contributed by atoms with van der Waals surface area (Å²) in [7, 11) is 0. The molecule has 1 saturated heterocycles. The van der Waals surface area contributed by atoms with Crippen LogP contribution in [-0.2, 0) is 16.2 Å². The Kier molecular flexibility index (Phi) is 7.66. The molecule has 1 N–H and O–H groups in total. The van der Waals surface area contributed by atoms with Crippen molar-refractivity contribution >= 4 is 91.0 Å². The summed E-state index contributed by atoms with van der Waals surface area (Å²) >= 11 is 17.2. The highest BCUT2D eigenvalue weighted by Gasteiger charge is 2.35. The van der Waals surface area contributed by atoms with Crippen molar-refractivity contribution in [3.8, 4) is 5.75 Å². The van der Waals surface area contributed by atoms with Gasteiger partial charge in [-0.1, -0.05) is 35.9 Å². The number of amides is 2. The SMILES string of the molecule is O=C1NC(=S)N(c2ccccc2F)C(=O)/C1=C/c1cc(Cl)c(OCc2ccc(I)cc2)c(Br)c1. The van der Waals surface area contributed by atoms with Crippen LogP contribution in [0.3, 0.4) is 0 Å². The molecule has 2 amide bonds. The number of benzene rings is 3. The third kappa shape index (κ3) is 5.32. The zero-order valence-corrected chi connectivity index (χ0v) is 22.5. The van der Waals surface area contributed by atoms with Crippen LogP contribution in [0.2, 0.25) is 5.02 Å². The first-order valence-corrected chi connectivity index (χ1v) is 12.4. The Morgan fingerprint density at radius 2 is 1.85 bits per heavy atom. The van der Waals surface area contributed by atoms with Crippen molar-refractivity contribution in [2.24, 2.45) is 0 Å². The van der Waals surface area contributed by atoms with Gasteiger partial charge in [-0.05, 0) is 104 Å². The van der Waals surface area contributed by atoms with E-state index in [2.05, 4.69) is 43.8 Å². The van der Waals surface area contributed by atoms with Gasteiger partial charge in [-0.25, -0.2) is 9.29 Å². The standard InChI is InChI=1S/C24H14BrClFIN2O3S/c25-17-10-14(11-18(26)21(17)33-12-13-5-7-15(28)8-6-13)9-16-22(31)29-24(34)30(23(16)32)20-4-2-1-3-19(20)27/h1-11H,12H2,(H,29,31,34)/b16-9+. The zero-order chi connectivity index (χ0) is 24.4. The number of carbonyl (C=O) groups excluding carboxylic acids is 2. The number of halogens is 4. The van der Waals surface area contributed by atoms with Crippen molar-refractivity contribution in [1.29, 1.82) is 0 Å². The maximum absolute atomic E-state index is 14.3. The van der Waals surface area contributed by atoms with Gasteiger partial charge in [-0.3, -0.25) is 14.9 Å². The Morgan fingerprint density at radius 3 is 2.53 bits per heavy atom. The average molecular weight is 672 g/mol. The van der Waals surface area contributed by atoms with Gasteiger partial charge >= 0.3 is 0 Å². The number of thiocarbonyl (C=S) groups is 1. The highest BCUT2D eigenvalue weighted by Crippen LogP contribution is 2.36. The number of anilines is 1. The molecule has 3 aromatic rings. The first-order chi connectivity index (χ1) is 16.2. The fourth-order valence-electron chi connectivity index (χ4n) is 3.21. The van der Waals surface area contributed by atoms with E-state index in [0.717, 1.165) is 14.0 Å². The van der Waals surface area contributed by atoms with Crippen LogP contribution in [0, 0.1) is 9.39 Å². The lowest BCUT2D eigenvalue weighted by atomic mass is 10.1. The Labute approximate surface area is 227 Å². The number of hydrogen-bond donors (Lipinski definition) is 1. The van der Waals surface area contributed by atoms with Crippen LogP contribution >= 0.6 is 62.3 Å². The van der Waals surface area contributed by atoms with E-state index >= 15 is 0 Å². The first kappa shape index (κ1) is 24.8. The number of nitrogens with zero attached hydrogens (tertiary/aromatic N) is 1. The second-order valence-electron chi connectivity index (χ2n) is 7.14. The quantitative estimate of drug-likeness (QED) is 0.151. The van der Waals surface area contributed by atoms with Gasteiger partial charge in [0.2, 0.25) is 0 Å². The number of rotatable bonds is 5. The summed E-state index contributed by atoms with van der Waals surface area (Å²) in [5.74, 6) is -1.65. The van der Waals surface area contributed by atoms with Crippen LogP contribution in [-0.4, -0.2) is 16.9 Å². The smallest absolute Gasteiger partial charge is 0.270 e. The molecule has 4 rings (SSSR count). The molecule has 0 saturated carbocycles. The predicted octanol–water partition coefficient (Wildman–Crippen LogP) is 6.26. The van der Waals surface area contributed by atoms with Crippen molar-refractivity contribution in [2.75, 3.05) is 4.90 Å². The number of carbonyl (C=O) groups is 2. The molecule has 172 valence electrons. The van der Waals surface area contributed by atoms with Crippen molar-refractivity contribution < 1.29 is 18.7 Å². The molecular formula is C24H14BrClFIN2O3S. The first-order valence-electron chi connectivity index (χ1n) is 9.77. The molecule has 1 aliphatic heterocycles. The monoisotopic (exact) mass is 670 g/mol. The largest absolute Gasteiger partial charge is 0.486 e. The average Bonchev–Trinajstić information content (AvgIpc) is 2.78. The molecule has 0 aliphatic carbocycles. The lowest BCUT2D eigenvalue weighted by molar-refractivity contribution is -0.122. The number of ether oxygens (including phenoxy) is 1. The molecule has 1 aliphatic rings. The minimum absolute atomic E-state index is 0.0537. The van der Waals surface area contributed by atoms with Crippen LogP contribution < -0.4 is 15.0 Å². The summed E-state index contributed by atoms with van der Waals surface area (Å²) in [6, 6.07) is 16.8. The van der Waals surface area contributed by atoms with E-state index in [1.807, 2.05) is 24.3 Å². The lowest BCUT2D eigenvalue weighted by Gasteiger charge is -2.29. The van der Waals surface area contributed by atoms with Crippen molar-refractivity contribution in [2.45, 2.75) is 6.61 Å². The molecule has 0 unspecified atom stereocenters. The molecule has 10 heteroatoms. The van der Waals surface area contributed by atoms with E-state index in [0.29, 0.717) is 22.4 Å². The fraction of sp³-hybridized carbons (Fsp3) is 0.0417. The molecule has 5 nitrogen and oxygen atoms in total. The van der Waals surface area contributed by atoms with Crippen LogP contribution in [0.5, 0.6) is 5.75 Å². The molecule has 1 heterocycles. The van der Waals surface area contributed by atoms with Gasteiger partial charge in [0.25, 0.3) is 11.8 Å². The van der Waals surface area contributed by atoms with Crippen molar-refractivity contribution in [3.05, 3.63) is 96.2 Å². The fourth-order valence-corrected chi connectivity index (χ4v) is 4.84. The van der Waals surface area contributed by atoms with Gasteiger partial charge < -0.3 is 4.74 Å². The molecule has 0 bridgehead atoms. The third-order valence-corrected chi connectivity index (χ3v) is 6.70. The Balaban J connectivity index is 1.61. The third-order valence-electron chi connectivity index (χ3n) is 4.82. The van der Waals surface area contributed by atoms with Crippen molar-refractivity contribution in [3.63, 3.8) is 0 Å². The minimum Gasteiger partial charge on any atom is -0.486 e. The van der Waals surface area contributed by atoms with Gasteiger partial charge in [0, 0.05) is 3.57 Å². The molecule has 0 aromatic heterocycles. The summed E-state index contributed by atoms with van der Waals surface area (Å²) in [6.07, 6.45) is 1.37. The van der Waals surface area contributed by atoms with Crippen molar-refractivity contribution in [1.82, 2.24) is 5.32 Å². The van der Waals surface area contributed by atoms with E-state index in [9.17, 15) is 14.0 Å². The van der Waals surface area contributed by atoms with E-state index < -0.39 is 17.6 Å². The summed E-state index contributed by atoms with van der Waals surface area (Å²) < 4.78 is 21.8. The number of nitrogens with one attached hydrogen (secondary N) is 1. The van der Waals surface area contributed by atoms with Gasteiger partial charge in [0.05, 0.1) is 15.2 Å². The molecule has 1 fully saturated rings. The van der Waals surface area contributed by atoms with Gasteiger partial charge in [0.1, 0.15) is 18.0 Å². The highest BCUT2D eigenvalue weighted by atomic mass is 127. The highest BCUT2D eigenvalue weighted by molar-refractivity contribution is 14.1. The van der Waals surface area contributed by atoms with Crippen LogP contribution in [0.1, 0.15) is 11.1 Å². The Bertz CT molecular complexity index is 1330. The Morgan fingerprint density at radius 1 is 1.15 bits per heavy atom. The molecular weight excluding hydrogens is 658 g/mol. The molecule has 34 heavy (non-hydrogen) atoms. The predicted molar refractivity (Wildman–Crippen MR) is 145 cm³/mol. The van der Waals surface area contributed by atoms with E-state index in [1.54, 1.807) is 18.2 Å². The van der Waals surface area contributed by atoms with Crippen LogP contribution in [0.15, 0.2) is 70.7 Å². The molecule has 3 aromatic carbocycles. The number of para-hydroxylation sites is 1. The molecule has 0 atom stereocenters. The maximum atomic E-state index is 14.3. The summed E-state index contributed by atoms with van der Waals surface area (Å²) in [5, 5.41) is 2.52. The summed E-state index contributed by atoms with van der Waals surface area (Å²) in [6.45, 7) is 0.311. The Hall–Kier alpha value is -2.34. The zero-order valence-electron chi connectivity index (χ0n) is 17.2. The maximum Gasteiger partial charge on any atom is 0.270 e.